The van der Waals surface area contributed by atoms with Gasteiger partial charge in [-0.15, -0.1) is 0 Å². The van der Waals surface area contributed by atoms with Crippen molar-refractivity contribution in [1.82, 2.24) is 9.88 Å². The van der Waals surface area contributed by atoms with Crippen LogP contribution >= 0.6 is 11.8 Å². The number of thioether (sulfide) groups is 1. The molecule has 3 aromatic rings. The number of hydrogen-bond donors (Lipinski definition) is 1. The van der Waals surface area contributed by atoms with Crippen LogP contribution in [0, 0.1) is 5.82 Å². The summed E-state index contributed by atoms with van der Waals surface area (Å²) in [6.45, 7) is 0.441. The molecule has 1 aliphatic heterocycles. The Morgan fingerprint density at radius 1 is 1.04 bits per heavy atom. The van der Waals surface area contributed by atoms with Crippen LogP contribution in [0.1, 0.15) is 11.1 Å². The number of rotatable bonds is 4. The maximum Gasteiger partial charge on any atom is 0.286 e. The number of carbonyl (C=O) groups excluding carboxylic acids is 2. The lowest BCUT2D eigenvalue weighted by atomic mass is 10.0. The van der Waals surface area contributed by atoms with Crippen LogP contribution in [0.15, 0.2) is 54.7 Å². The van der Waals surface area contributed by atoms with Gasteiger partial charge in [0.2, 0.25) is 5.91 Å². The molecule has 0 bridgehead atoms. The smallest absolute Gasteiger partial charge is 0.286 e. The highest BCUT2D eigenvalue weighted by atomic mass is 32.2. The summed E-state index contributed by atoms with van der Waals surface area (Å²) in [6.07, 6.45) is 2.41. The van der Waals surface area contributed by atoms with E-state index in [9.17, 15) is 14.0 Å². The Morgan fingerprint density at radius 2 is 1.84 bits per heavy atom. The topological polar surface area (TPSA) is 51.1 Å². The molecule has 0 spiro atoms. The lowest BCUT2D eigenvalue weighted by Gasteiger charge is -2.09. The van der Waals surface area contributed by atoms with Gasteiger partial charge in [0, 0.05) is 22.7 Å². The van der Waals surface area contributed by atoms with Crippen LogP contribution in [0.25, 0.3) is 10.9 Å². The standard InChI is InChI=1S/C19H15FN2O2S/c20-15-6-2-1-4-13(15)11-22-9-8-14-12(5-3-7-16(14)22)10-17-18(23)21-19(24)25-17/h1-9,17H,10-11H2,(H,21,23,24). The summed E-state index contributed by atoms with van der Waals surface area (Å²) in [5.74, 6) is -0.462. The largest absolute Gasteiger partial charge is 0.343 e. The second kappa shape index (κ2) is 6.37. The van der Waals surface area contributed by atoms with Crippen molar-refractivity contribution >= 4 is 33.8 Å². The van der Waals surface area contributed by atoms with E-state index in [4.69, 9.17) is 0 Å². The average Bonchev–Trinajstić information content (AvgIpc) is 3.14. The summed E-state index contributed by atoms with van der Waals surface area (Å²) >= 11 is 1.03. The average molecular weight is 354 g/mol. The molecule has 1 aromatic heterocycles. The van der Waals surface area contributed by atoms with Crippen molar-refractivity contribution in [2.24, 2.45) is 0 Å². The Bertz CT molecular complexity index is 982. The Hall–Kier alpha value is -2.60. The van der Waals surface area contributed by atoms with Crippen molar-refractivity contribution < 1.29 is 14.0 Å². The summed E-state index contributed by atoms with van der Waals surface area (Å²) < 4.78 is 15.9. The molecule has 126 valence electrons. The lowest BCUT2D eigenvalue weighted by Crippen LogP contribution is -2.25. The molecule has 4 rings (SSSR count). The van der Waals surface area contributed by atoms with Gasteiger partial charge in [0.25, 0.3) is 5.24 Å². The summed E-state index contributed by atoms with van der Waals surface area (Å²) in [5, 5.41) is 2.65. The number of nitrogens with zero attached hydrogens (tertiary/aromatic N) is 1. The minimum absolute atomic E-state index is 0.224. The third-order valence-corrected chi connectivity index (χ3v) is 5.36. The predicted molar refractivity (Wildman–Crippen MR) is 96.1 cm³/mol. The molecule has 0 radical (unpaired) electrons. The molecule has 25 heavy (non-hydrogen) atoms. The number of hydrogen-bond acceptors (Lipinski definition) is 3. The van der Waals surface area contributed by atoms with E-state index in [-0.39, 0.29) is 17.0 Å². The van der Waals surface area contributed by atoms with Gasteiger partial charge >= 0.3 is 0 Å². The lowest BCUT2D eigenvalue weighted by molar-refractivity contribution is -0.118. The fourth-order valence-electron chi connectivity index (χ4n) is 3.14. The van der Waals surface area contributed by atoms with Crippen molar-refractivity contribution in [1.29, 1.82) is 0 Å². The van der Waals surface area contributed by atoms with Crippen LogP contribution in [0.4, 0.5) is 9.18 Å². The van der Waals surface area contributed by atoms with E-state index < -0.39 is 5.25 Å². The molecule has 1 atom stereocenters. The summed E-state index contributed by atoms with van der Waals surface area (Å²) in [4.78, 5) is 23.2. The second-order valence-corrected chi connectivity index (χ2v) is 7.15. The molecule has 2 aromatic carbocycles. The van der Waals surface area contributed by atoms with Crippen LogP contribution in [0.5, 0.6) is 0 Å². The SMILES string of the molecule is O=C1NC(=O)C(Cc2cccc3c2ccn3Cc2ccccc2F)S1. The highest BCUT2D eigenvalue weighted by Gasteiger charge is 2.31. The monoisotopic (exact) mass is 354 g/mol. The highest BCUT2D eigenvalue weighted by Crippen LogP contribution is 2.28. The van der Waals surface area contributed by atoms with Gasteiger partial charge in [-0.2, -0.15) is 0 Å². The number of fused-ring (bicyclic) bond motifs is 1. The van der Waals surface area contributed by atoms with Gasteiger partial charge in [-0.05, 0) is 30.2 Å². The zero-order chi connectivity index (χ0) is 17.4. The number of amides is 2. The van der Waals surface area contributed by atoms with E-state index in [1.807, 2.05) is 41.1 Å². The number of nitrogens with one attached hydrogen (secondary N) is 1. The molecule has 0 aliphatic carbocycles. The number of aromatic nitrogens is 1. The van der Waals surface area contributed by atoms with E-state index in [1.165, 1.54) is 6.07 Å². The van der Waals surface area contributed by atoms with Gasteiger partial charge in [0.05, 0.1) is 11.8 Å². The van der Waals surface area contributed by atoms with E-state index >= 15 is 0 Å². The van der Waals surface area contributed by atoms with Gasteiger partial charge in [0.1, 0.15) is 5.82 Å². The Labute approximate surface area is 148 Å². The molecular weight excluding hydrogens is 339 g/mol. The first-order valence-corrected chi connectivity index (χ1v) is 8.81. The van der Waals surface area contributed by atoms with Gasteiger partial charge in [-0.25, -0.2) is 4.39 Å². The van der Waals surface area contributed by atoms with Crippen LogP contribution in [0.3, 0.4) is 0 Å². The molecule has 1 N–H and O–H groups in total. The third kappa shape index (κ3) is 3.05. The van der Waals surface area contributed by atoms with Gasteiger partial charge in [0.15, 0.2) is 0 Å². The van der Waals surface area contributed by atoms with Crippen LogP contribution < -0.4 is 5.32 Å². The van der Waals surface area contributed by atoms with Crippen molar-refractivity contribution in [2.45, 2.75) is 18.2 Å². The number of halogens is 1. The molecule has 1 aliphatic rings. The second-order valence-electron chi connectivity index (χ2n) is 5.97. The molecule has 2 amide bonds. The van der Waals surface area contributed by atoms with Crippen molar-refractivity contribution in [3.63, 3.8) is 0 Å². The van der Waals surface area contributed by atoms with E-state index in [0.717, 1.165) is 28.2 Å². The van der Waals surface area contributed by atoms with E-state index in [0.29, 0.717) is 18.5 Å². The van der Waals surface area contributed by atoms with Crippen LogP contribution in [0.2, 0.25) is 0 Å². The van der Waals surface area contributed by atoms with Crippen molar-refractivity contribution in [2.75, 3.05) is 0 Å². The Kier molecular flexibility index (Phi) is 4.05. The van der Waals surface area contributed by atoms with Crippen LogP contribution in [-0.4, -0.2) is 21.0 Å². The first-order chi connectivity index (χ1) is 12.1. The fraction of sp³-hybridized carbons (Fsp3) is 0.158. The summed E-state index contributed by atoms with van der Waals surface area (Å²) in [6, 6.07) is 14.6. The Balaban J connectivity index is 1.65. The van der Waals surface area contributed by atoms with Gasteiger partial charge < -0.3 is 4.57 Å². The van der Waals surface area contributed by atoms with E-state index in [1.54, 1.807) is 12.1 Å². The van der Waals surface area contributed by atoms with Crippen LogP contribution in [-0.2, 0) is 17.8 Å². The minimum atomic E-state index is -0.395. The molecule has 1 unspecified atom stereocenters. The third-order valence-electron chi connectivity index (χ3n) is 4.37. The van der Waals surface area contributed by atoms with Crippen molar-refractivity contribution in [3.05, 3.63) is 71.7 Å². The molecule has 6 heteroatoms. The molecule has 0 saturated carbocycles. The molecular formula is C19H15FN2O2S. The zero-order valence-corrected chi connectivity index (χ0v) is 14.1. The summed E-state index contributed by atoms with van der Waals surface area (Å²) in [5.41, 5.74) is 2.62. The normalized spacial score (nSPS) is 17.2. The molecule has 4 nitrogen and oxygen atoms in total. The fourth-order valence-corrected chi connectivity index (χ4v) is 3.99. The first kappa shape index (κ1) is 15.9. The number of imide groups is 1. The quantitative estimate of drug-likeness (QED) is 0.777. The minimum Gasteiger partial charge on any atom is -0.343 e. The van der Waals surface area contributed by atoms with Gasteiger partial charge in [-0.3, -0.25) is 14.9 Å². The van der Waals surface area contributed by atoms with Crippen molar-refractivity contribution in [3.8, 4) is 0 Å². The molecule has 1 fully saturated rings. The van der Waals surface area contributed by atoms with Gasteiger partial charge in [-0.1, -0.05) is 42.1 Å². The molecule has 2 heterocycles. The maximum atomic E-state index is 13.9. The number of benzene rings is 2. The zero-order valence-electron chi connectivity index (χ0n) is 13.2. The predicted octanol–water partition coefficient (Wildman–Crippen LogP) is 3.72. The summed E-state index contributed by atoms with van der Waals surface area (Å²) in [7, 11) is 0. The maximum absolute atomic E-state index is 13.9. The first-order valence-electron chi connectivity index (χ1n) is 7.93. The highest BCUT2D eigenvalue weighted by molar-refractivity contribution is 8.15. The van der Waals surface area contributed by atoms with E-state index in [2.05, 4.69) is 5.32 Å². The Morgan fingerprint density at radius 3 is 2.60 bits per heavy atom. The molecule has 1 saturated heterocycles. The number of carbonyl (C=O) groups is 2.